The number of fused-ring (bicyclic) bond motifs is 3. The van der Waals surface area contributed by atoms with Gasteiger partial charge in [0.1, 0.15) is 18.2 Å². The Labute approximate surface area is 386 Å². The molecule has 0 aromatic rings. The van der Waals surface area contributed by atoms with Crippen LogP contribution in [0.5, 0.6) is 0 Å². The number of esters is 1. The Balaban J connectivity index is 1.70. The van der Waals surface area contributed by atoms with Crippen LogP contribution in [-0.2, 0) is 47.7 Å². The number of piperidine rings is 1. The molecule has 2 saturated heterocycles. The number of rotatable bonds is 6. The van der Waals surface area contributed by atoms with Gasteiger partial charge < -0.3 is 38.8 Å². The number of cyclic esters (lactones) is 1. The summed E-state index contributed by atoms with van der Waals surface area (Å²) < 4.78 is 46.1. The van der Waals surface area contributed by atoms with E-state index < -0.39 is 83.9 Å². The van der Waals surface area contributed by atoms with Gasteiger partial charge in [0, 0.05) is 58.5 Å². The van der Waals surface area contributed by atoms with Crippen LogP contribution in [-0.4, -0.2) is 127 Å². The number of aliphatic hydroxyl groups excluding tert-OH is 2. The normalized spacial score (nSPS) is 37.8. The second kappa shape index (κ2) is 25.1. The Morgan fingerprint density at radius 2 is 1.60 bits per heavy atom. The van der Waals surface area contributed by atoms with E-state index >= 15 is 4.39 Å². The summed E-state index contributed by atoms with van der Waals surface area (Å²) in [6.45, 7) is 12.5. The molecule has 3 aliphatic heterocycles. The van der Waals surface area contributed by atoms with Crippen molar-refractivity contribution in [2.45, 2.75) is 180 Å². The lowest BCUT2D eigenvalue weighted by Gasteiger charge is -2.41. The molecule has 0 aromatic heterocycles. The van der Waals surface area contributed by atoms with E-state index in [9.17, 15) is 34.2 Å². The number of carbonyl (C=O) groups is 5. The van der Waals surface area contributed by atoms with Crippen molar-refractivity contribution in [1.82, 2.24) is 4.90 Å². The van der Waals surface area contributed by atoms with Crippen molar-refractivity contribution < 1.29 is 62.3 Å². The van der Waals surface area contributed by atoms with E-state index in [0.29, 0.717) is 56.9 Å². The molecule has 0 radical (unpaired) electrons. The van der Waals surface area contributed by atoms with Crippen LogP contribution in [0.3, 0.4) is 0 Å². The van der Waals surface area contributed by atoms with Crippen molar-refractivity contribution in [1.29, 1.82) is 0 Å². The van der Waals surface area contributed by atoms with Gasteiger partial charge in [-0.05, 0) is 107 Å². The van der Waals surface area contributed by atoms with Gasteiger partial charge in [0.15, 0.2) is 11.6 Å². The zero-order valence-electron chi connectivity index (χ0n) is 40.5. The molecule has 14 heteroatoms. The van der Waals surface area contributed by atoms with Crippen molar-refractivity contribution in [2.75, 3.05) is 27.9 Å². The fraction of sp³-hybridized carbons (Fsp3) is 0.745. The largest absolute Gasteiger partial charge is 0.460 e. The molecule has 3 heterocycles. The summed E-state index contributed by atoms with van der Waals surface area (Å²) in [4.78, 5) is 71.4. The van der Waals surface area contributed by atoms with E-state index in [0.717, 1.165) is 10.5 Å². The van der Waals surface area contributed by atoms with E-state index in [-0.39, 0.29) is 67.7 Å². The molecular weight excluding hydrogens is 838 g/mol. The number of halogens is 1. The van der Waals surface area contributed by atoms with E-state index in [1.807, 2.05) is 58.1 Å². The van der Waals surface area contributed by atoms with Gasteiger partial charge in [-0.15, -0.1) is 0 Å². The zero-order chi connectivity index (χ0) is 48.2. The minimum Gasteiger partial charge on any atom is -0.460 e. The number of amides is 1. The first-order chi connectivity index (χ1) is 30.7. The predicted octanol–water partition coefficient (Wildman–Crippen LogP) is 7.16. The number of carbonyl (C=O) groups excluding carboxylic acids is 5. The van der Waals surface area contributed by atoms with Gasteiger partial charge in [-0.2, -0.15) is 0 Å². The fourth-order valence-electron chi connectivity index (χ4n) is 10.1. The van der Waals surface area contributed by atoms with Crippen molar-refractivity contribution in [3.05, 3.63) is 47.6 Å². The highest BCUT2D eigenvalue weighted by molar-refractivity contribution is 6.39. The topological polar surface area (TPSA) is 175 Å². The fourth-order valence-corrected chi connectivity index (χ4v) is 10.1. The molecule has 65 heavy (non-hydrogen) atoms. The molecule has 366 valence electrons. The number of aliphatic hydroxyl groups is 2. The molecule has 15 atom stereocenters. The van der Waals surface area contributed by atoms with Crippen molar-refractivity contribution >= 4 is 29.2 Å². The Morgan fingerprint density at radius 1 is 0.877 bits per heavy atom. The first-order valence-electron chi connectivity index (χ1n) is 23.9. The maximum absolute atomic E-state index is 17.1. The standard InChI is InChI=1S/C51H78FNO12/c1-30-16-12-11-13-17-31(2)42(61-8)28-38-21-19-36(7)51(52,65-38)48(58)49(59)53-23-15-14-18-39(53)50(60)64-43(33(4)26-37-20-22-40(54)44(27-37)62-9)29-41(55)32(3)25-35(6)46(57)47(63-10)45(56)34(5)24-30/h11-13,16-17,25,30,33-40,42-44,46-47,54,57H,14-15,18-24,26-29H2,1-10H3/t30-,33-,34-,35?,36-,37?,38+,39+,40-,42+,43?,44-,46-,47+,51?/m1/s1. The highest BCUT2D eigenvalue weighted by Crippen LogP contribution is 2.40. The molecule has 0 spiro atoms. The van der Waals surface area contributed by atoms with Gasteiger partial charge in [-0.25, -0.2) is 9.18 Å². The van der Waals surface area contributed by atoms with Gasteiger partial charge in [-0.1, -0.05) is 71.1 Å². The Kier molecular flexibility index (Phi) is 20.9. The lowest BCUT2D eigenvalue weighted by molar-refractivity contribution is -0.231. The van der Waals surface area contributed by atoms with Gasteiger partial charge in [-0.3, -0.25) is 19.2 Å². The highest BCUT2D eigenvalue weighted by Gasteiger charge is 2.55. The summed E-state index contributed by atoms with van der Waals surface area (Å²) in [6, 6.07) is -1.20. The monoisotopic (exact) mass is 916 g/mol. The summed E-state index contributed by atoms with van der Waals surface area (Å²) in [6.07, 6.45) is 10.4. The summed E-state index contributed by atoms with van der Waals surface area (Å²) in [7, 11) is 4.48. The molecule has 2 N–H and O–H groups in total. The third kappa shape index (κ3) is 14.3. The molecule has 1 amide bonds. The first kappa shape index (κ1) is 54.2. The summed E-state index contributed by atoms with van der Waals surface area (Å²) in [5.41, 5.74) is 1.14. The van der Waals surface area contributed by atoms with E-state index in [4.69, 9.17) is 23.7 Å². The number of hydrogen-bond acceptors (Lipinski definition) is 12. The van der Waals surface area contributed by atoms with Crippen LogP contribution >= 0.6 is 0 Å². The van der Waals surface area contributed by atoms with E-state index in [1.54, 1.807) is 41.1 Å². The van der Waals surface area contributed by atoms with Crippen LogP contribution < -0.4 is 0 Å². The van der Waals surface area contributed by atoms with Crippen LogP contribution in [0.1, 0.15) is 126 Å². The van der Waals surface area contributed by atoms with E-state index in [2.05, 4.69) is 0 Å². The quantitative estimate of drug-likeness (QED) is 0.204. The number of allylic oxidation sites excluding steroid dienone is 6. The van der Waals surface area contributed by atoms with Crippen LogP contribution in [0.2, 0.25) is 0 Å². The molecule has 0 aromatic carbocycles. The number of methoxy groups -OCH3 is 3. The lowest BCUT2D eigenvalue weighted by Crippen LogP contribution is -2.59. The Morgan fingerprint density at radius 3 is 2.28 bits per heavy atom. The molecule has 13 nitrogen and oxygen atoms in total. The number of alkyl halides is 1. The molecule has 4 aliphatic rings. The van der Waals surface area contributed by atoms with E-state index in [1.165, 1.54) is 7.11 Å². The minimum atomic E-state index is -2.93. The second-order valence-corrected chi connectivity index (χ2v) is 19.6. The maximum Gasteiger partial charge on any atom is 0.329 e. The second-order valence-electron chi connectivity index (χ2n) is 19.6. The smallest absolute Gasteiger partial charge is 0.329 e. The minimum absolute atomic E-state index is 0.0102. The molecular formula is C51H78FNO12. The van der Waals surface area contributed by atoms with Crippen molar-refractivity contribution in [3.63, 3.8) is 0 Å². The third-order valence-electron chi connectivity index (χ3n) is 14.4. The number of hydrogen-bond donors (Lipinski definition) is 2. The van der Waals surface area contributed by atoms with Gasteiger partial charge in [0.05, 0.1) is 30.5 Å². The van der Waals surface area contributed by atoms with Crippen LogP contribution in [0.15, 0.2) is 47.6 Å². The third-order valence-corrected chi connectivity index (χ3v) is 14.4. The summed E-state index contributed by atoms with van der Waals surface area (Å²) in [5.74, 6) is -9.13. The van der Waals surface area contributed by atoms with Gasteiger partial charge in [0.25, 0.3) is 17.5 Å². The number of ether oxygens (including phenoxy) is 5. The summed E-state index contributed by atoms with van der Waals surface area (Å²) >= 11 is 0. The molecule has 4 unspecified atom stereocenters. The number of nitrogens with zero attached hydrogens (tertiary/aromatic N) is 1. The van der Waals surface area contributed by atoms with Crippen LogP contribution in [0.4, 0.5) is 4.39 Å². The van der Waals surface area contributed by atoms with Crippen LogP contribution in [0.25, 0.3) is 0 Å². The molecule has 1 saturated carbocycles. The van der Waals surface area contributed by atoms with Gasteiger partial charge >= 0.3 is 5.97 Å². The Hall–Kier alpha value is -3.40. The van der Waals surface area contributed by atoms with Crippen LogP contribution in [0, 0.1) is 35.5 Å². The van der Waals surface area contributed by atoms with Crippen molar-refractivity contribution in [2.24, 2.45) is 35.5 Å². The van der Waals surface area contributed by atoms with Gasteiger partial charge in [0.2, 0.25) is 0 Å². The molecule has 2 bridgehead atoms. The number of ketones is 3. The molecule has 1 aliphatic carbocycles. The molecule has 3 fully saturated rings. The zero-order valence-corrected chi connectivity index (χ0v) is 40.5. The highest BCUT2D eigenvalue weighted by atomic mass is 19.2. The molecule has 4 rings (SSSR count). The van der Waals surface area contributed by atoms with Crippen molar-refractivity contribution in [3.8, 4) is 0 Å². The first-order valence-corrected chi connectivity index (χ1v) is 23.9. The Bertz CT molecular complexity index is 1760. The lowest BCUT2D eigenvalue weighted by atomic mass is 9.78. The SMILES string of the molecule is CO[C@H]1C[C@@H]2CC[C@@H](C)C(F)(O2)C(=O)C(=O)N2CCCC[C@H]2C(=O)OC([C@H](C)CC2CC[C@@H](O)[C@H](OC)C2)CC(=O)C(C)=CC(C)[C@@H](O)[C@@H](OC)C(=O)[C@H](C)C[C@H](C)C=CC=CC=C1C. The maximum atomic E-state index is 17.1. The predicted molar refractivity (Wildman–Crippen MR) is 244 cm³/mol. The average molecular weight is 916 g/mol. The average Bonchev–Trinajstić information content (AvgIpc) is 3.28. The number of Topliss-reactive ketones (excluding diaryl/α,β-unsaturated/α-hetero) is 3. The summed E-state index contributed by atoms with van der Waals surface area (Å²) in [5, 5.41) is 21.9.